The molecule has 0 radical (unpaired) electrons. The summed E-state index contributed by atoms with van der Waals surface area (Å²) >= 11 is 0. The molecule has 2 N–H and O–H groups in total. The average molecular weight is 239 g/mol. The molecule has 0 aromatic rings. The van der Waals surface area contributed by atoms with Gasteiger partial charge in [0.25, 0.3) is 0 Å². The average Bonchev–Trinajstić information content (AvgIpc) is 2.29. The maximum absolute atomic E-state index is 6.55. The maximum Gasteiger partial charge on any atom is 0.0157 e. The van der Waals surface area contributed by atoms with Crippen LogP contribution in [0.4, 0.5) is 0 Å². The summed E-state index contributed by atoms with van der Waals surface area (Å²) in [6.45, 7) is 7.04. The third-order valence-corrected chi connectivity index (χ3v) is 4.83. The van der Waals surface area contributed by atoms with E-state index in [1.165, 1.54) is 64.2 Å². The summed E-state index contributed by atoms with van der Waals surface area (Å²) in [5.74, 6) is 1.71. The van der Waals surface area contributed by atoms with Gasteiger partial charge in [-0.15, -0.1) is 0 Å². The lowest BCUT2D eigenvalue weighted by Crippen LogP contribution is -2.45. The van der Waals surface area contributed by atoms with E-state index in [9.17, 15) is 0 Å². The molecule has 17 heavy (non-hydrogen) atoms. The molecule has 1 fully saturated rings. The van der Waals surface area contributed by atoms with Crippen molar-refractivity contribution in [3.05, 3.63) is 0 Å². The second-order valence-electron chi connectivity index (χ2n) is 6.58. The van der Waals surface area contributed by atoms with Crippen LogP contribution in [0.5, 0.6) is 0 Å². The minimum Gasteiger partial charge on any atom is -0.325 e. The van der Waals surface area contributed by atoms with Gasteiger partial charge >= 0.3 is 0 Å². The minimum absolute atomic E-state index is 0.177. The molecular formula is C16H33N. The quantitative estimate of drug-likeness (QED) is 0.629. The van der Waals surface area contributed by atoms with Crippen molar-refractivity contribution >= 4 is 0 Å². The number of hydrogen-bond acceptors (Lipinski definition) is 1. The molecule has 1 heteroatoms. The zero-order valence-corrected chi connectivity index (χ0v) is 12.3. The van der Waals surface area contributed by atoms with E-state index < -0.39 is 0 Å². The molecule has 0 aliphatic heterocycles. The summed E-state index contributed by atoms with van der Waals surface area (Å²) in [5.41, 5.74) is 6.73. The van der Waals surface area contributed by atoms with Crippen LogP contribution >= 0.6 is 0 Å². The number of rotatable bonds is 7. The van der Waals surface area contributed by atoms with Crippen molar-refractivity contribution in [2.45, 2.75) is 90.5 Å². The Hall–Kier alpha value is -0.0400. The molecule has 0 spiro atoms. The van der Waals surface area contributed by atoms with Crippen LogP contribution < -0.4 is 5.73 Å². The Labute approximate surface area is 109 Å². The molecule has 1 aliphatic carbocycles. The summed E-state index contributed by atoms with van der Waals surface area (Å²) in [7, 11) is 0. The molecule has 0 aromatic heterocycles. The molecule has 1 aliphatic rings. The summed E-state index contributed by atoms with van der Waals surface area (Å²) in [6, 6.07) is 0. The lowest BCUT2D eigenvalue weighted by Gasteiger charge is -2.40. The highest BCUT2D eigenvalue weighted by atomic mass is 14.7. The van der Waals surface area contributed by atoms with Gasteiger partial charge in [-0.3, -0.25) is 0 Å². The molecule has 1 rings (SSSR count). The highest BCUT2D eigenvalue weighted by Crippen LogP contribution is 2.37. The second-order valence-corrected chi connectivity index (χ2v) is 6.58. The summed E-state index contributed by atoms with van der Waals surface area (Å²) in [5, 5.41) is 0. The van der Waals surface area contributed by atoms with E-state index in [0.29, 0.717) is 0 Å². The SMILES string of the molecule is CCCCCCCCC1(N)CCC(C)C(C)C1. The Balaban J connectivity index is 2.13. The van der Waals surface area contributed by atoms with Crippen molar-refractivity contribution < 1.29 is 0 Å². The Kier molecular flexibility index (Phi) is 6.54. The maximum atomic E-state index is 6.55. The third kappa shape index (κ3) is 5.42. The highest BCUT2D eigenvalue weighted by Gasteiger charge is 2.33. The van der Waals surface area contributed by atoms with Gasteiger partial charge in [0.15, 0.2) is 0 Å². The molecule has 0 aromatic carbocycles. The van der Waals surface area contributed by atoms with Crippen LogP contribution in [0, 0.1) is 11.8 Å². The van der Waals surface area contributed by atoms with E-state index in [0.717, 1.165) is 11.8 Å². The molecular weight excluding hydrogens is 206 g/mol. The van der Waals surface area contributed by atoms with Crippen LogP contribution in [-0.4, -0.2) is 5.54 Å². The van der Waals surface area contributed by atoms with Gasteiger partial charge in [-0.2, -0.15) is 0 Å². The fourth-order valence-corrected chi connectivity index (χ4v) is 3.23. The largest absolute Gasteiger partial charge is 0.325 e. The molecule has 0 amide bonds. The molecule has 3 unspecified atom stereocenters. The minimum atomic E-state index is 0.177. The van der Waals surface area contributed by atoms with Crippen molar-refractivity contribution in [3.63, 3.8) is 0 Å². The topological polar surface area (TPSA) is 26.0 Å². The summed E-state index contributed by atoms with van der Waals surface area (Å²) < 4.78 is 0. The molecule has 0 bridgehead atoms. The fourth-order valence-electron chi connectivity index (χ4n) is 3.23. The summed E-state index contributed by atoms with van der Waals surface area (Å²) in [4.78, 5) is 0. The Morgan fingerprint density at radius 2 is 1.65 bits per heavy atom. The molecule has 102 valence electrons. The molecule has 1 nitrogen and oxygen atoms in total. The smallest absolute Gasteiger partial charge is 0.0157 e. The van der Waals surface area contributed by atoms with Crippen molar-refractivity contribution in [1.82, 2.24) is 0 Å². The zero-order valence-electron chi connectivity index (χ0n) is 12.3. The normalized spacial score (nSPS) is 33.9. The first kappa shape index (κ1) is 15.0. The third-order valence-electron chi connectivity index (χ3n) is 4.83. The molecule has 3 atom stereocenters. The van der Waals surface area contributed by atoms with Gasteiger partial charge in [0, 0.05) is 5.54 Å². The van der Waals surface area contributed by atoms with Crippen LogP contribution in [-0.2, 0) is 0 Å². The predicted octanol–water partition coefficient (Wildman–Crippen LogP) is 4.89. The van der Waals surface area contributed by atoms with Crippen molar-refractivity contribution in [1.29, 1.82) is 0 Å². The number of hydrogen-bond donors (Lipinski definition) is 1. The van der Waals surface area contributed by atoms with Crippen LogP contribution in [0.1, 0.15) is 85.0 Å². The lowest BCUT2D eigenvalue weighted by molar-refractivity contribution is 0.164. The fraction of sp³-hybridized carbons (Fsp3) is 1.00. The Morgan fingerprint density at radius 3 is 2.29 bits per heavy atom. The van der Waals surface area contributed by atoms with Gasteiger partial charge in [0.2, 0.25) is 0 Å². The first-order chi connectivity index (χ1) is 8.07. The van der Waals surface area contributed by atoms with Gasteiger partial charge in [-0.05, 0) is 37.5 Å². The van der Waals surface area contributed by atoms with Crippen molar-refractivity contribution in [3.8, 4) is 0 Å². The zero-order chi connectivity index (χ0) is 12.7. The van der Waals surface area contributed by atoms with E-state index in [2.05, 4.69) is 20.8 Å². The van der Waals surface area contributed by atoms with Gasteiger partial charge in [0.05, 0.1) is 0 Å². The second kappa shape index (κ2) is 7.41. The van der Waals surface area contributed by atoms with Crippen molar-refractivity contribution in [2.75, 3.05) is 0 Å². The predicted molar refractivity (Wildman–Crippen MR) is 77.1 cm³/mol. The van der Waals surface area contributed by atoms with Crippen LogP contribution in [0.15, 0.2) is 0 Å². The highest BCUT2D eigenvalue weighted by molar-refractivity contribution is 4.91. The number of unbranched alkanes of at least 4 members (excludes halogenated alkanes) is 5. The molecule has 1 saturated carbocycles. The van der Waals surface area contributed by atoms with Crippen molar-refractivity contribution in [2.24, 2.45) is 17.6 Å². The van der Waals surface area contributed by atoms with E-state index in [1.54, 1.807) is 0 Å². The van der Waals surface area contributed by atoms with Crippen LogP contribution in [0.3, 0.4) is 0 Å². The first-order valence-corrected chi connectivity index (χ1v) is 7.86. The van der Waals surface area contributed by atoms with E-state index in [4.69, 9.17) is 5.73 Å². The van der Waals surface area contributed by atoms with Gasteiger partial charge in [0.1, 0.15) is 0 Å². The first-order valence-electron chi connectivity index (χ1n) is 7.86. The van der Waals surface area contributed by atoms with Gasteiger partial charge in [-0.25, -0.2) is 0 Å². The monoisotopic (exact) mass is 239 g/mol. The standard InChI is InChI=1S/C16H33N/c1-4-5-6-7-8-9-11-16(17)12-10-14(2)15(3)13-16/h14-15H,4-13,17H2,1-3H3. The number of nitrogens with two attached hydrogens (primary N) is 1. The van der Waals surface area contributed by atoms with Gasteiger partial charge < -0.3 is 5.73 Å². The van der Waals surface area contributed by atoms with Crippen LogP contribution in [0.25, 0.3) is 0 Å². The van der Waals surface area contributed by atoms with E-state index in [1.807, 2.05) is 0 Å². The molecule has 0 saturated heterocycles. The molecule has 0 heterocycles. The Morgan fingerprint density at radius 1 is 1.00 bits per heavy atom. The Bertz CT molecular complexity index is 202. The van der Waals surface area contributed by atoms with E-state index >= 15 is 0 Å². The summed E-state index contributed by atoms with van der Waals surface area (Å²) in [6.07, 6.45) is 13.4. The lowest BCUT2D eigenvalue weighted by atomic mass is 9.70. The van der Waals surface area contributed by atoms with E-state index in [-0.39, 0.29) is 5.54 Å². The van der Waals surface area contributed by atoms with Crippen LogP contribution in [0.2, 0.25) is 0 Å². The van der Waals surface area contributed by atoms with Gasteiger partial charge in [-0.1, -0.05) is 59.3 Å².